The number of carbonyl (C=O) groups is 3. The van der Waals surface area contributed by atoms with E-state index in [1.165, 1.54) is 9.47 Å². The molecule has 0 spiro atoms. The van der Waals surface area contributed by atoms with Crippen LogP contribution in [0.25, 0.3) is 11.1 Å². The van der Waals surface area contributed by atoms with Gasteiger partial charge in [-0.1, -0.05) is 12.1 Å². The van der Waals surface area contributed by atoms with Crippen molar-refractivity contribution in [2.75, 3.05) is 39.9 Å². The van der Waals surface area contributed by atoms with E-state index in [4.69, 9.17) is 9.15 Å². The third-order valence-electron chi connectivity index (χ3n) is 5.81. The van der Waals surface area contributed by atoms with Crippen LogP contribution in [0.4, 0.5) is 0 Å². The summed E-state index contributed by atoms with van der Waals surface area (Å²) in [6.07, 6.45) is 0. The third-order valence-corrected chi connectivity index (χ3v) is 5.81. The van der Waals surface area contributed by atoms with Gasteiger partial charge in [-0.15, -0.1) is 0 Å². The Bertz CT molecular complexity index is 1040. The van der Waals surface area contributed by atoms with Gasteiger partial charge in [-0.2, -0.15) is 0 Å². The lowest BCUT2D eigenvalue weighted by atomic mass is 10.0. The van der Waals surface area contributed by atoms with Crippen LogP contribution in [0, 0.1) is 0 Å². The number of fused-ring (bicyclic) bond motifs is 2. The number of para-hydroxylation sites is 2. The summed E-state index contributed by atoms with van der Waals surface area (Å²) in [4.78, 5) is 55.6. The third kappa shape index (κ3) is 3.36. The number of rotatable bonds is 5. The second kappa shape index (κ2) is 7.94. The van der Waals surface area contributed by atoms with Gasteiger partial charge in [0.1, 0.15) is 18.6 Å². The van der Waals surface area contributed by atoms with E-state index in [2.05, 4.69) is 0 Å². The topological polar surface area (TPSA) is 105 Å². The quantitative estimate of drug-likeness (QED) is 0.651. The summed E-state index contributed by atoms with van der Waals surface area (Å²) in [6.45, 7) is 3.20. The minimum Gasteiger partial charge on any atom is -0.408 e. The molecule has 0 N–H and O–H groups in total. The number of ether oxygens (including phenoxy) is 1. The van der Waals surface area contributed by atoms with Crippen molar-refractivity contribution in [1.82, 2.24) is 19.3 Å². The largest absolute Gasteiger partial charge is 0.420 e. The van der Waals surface area contributed by atoms with Gasteiger partial charge in [0.25, 0.3) is 0 Å². The van der Waals surface area contributed by atoms with Crippen LogP contribution in [-0.4, -0.2) is 89.0 Å². The molecular formula is C20H24N4O6. The highest BCUT2D eigenvalue weighted by Gasteiger charge is 2.46. The van der Waals surface area contributed by atoms with Gasteiger partial charge in [-0.25, -0.2) is 4.79 Å². The minimum absolute atomic E-state index is 0.0958. The molecule has 2 aromatic rings. The van der Waals surface area contributed by atoms with Crippen LogP contribution in [-0.2, 0) is 25.7 Å². The molecule has 10 nitrogen and oxygen atoms in total. The van der Waals surface area contributed by atoms with E-state index in [0.717, 1.165) is 0 Å². The second-order valence-electron chi connectivity index (χ2n) is 7.51. The lowest BCUT2D eigenvalue weighted by Gasteiger charge is -2.48. The Labute approximate surface area is 172 Å². The highest BCUT2D eigenvalue weighted by Crippen LogP contribution is 2.22. The SMILES string of the molecule is COCCN1CCN2C(=O)[C@H](C)N(C(=O)Cn3c(=O)oc4ccccc43)C[C@H]2C1=O. The van der Waals surface area contributed by atoms with Crippen molar-refractivity contribution in [2.45, 2.75) is 25.6 Å². The molecule has 0 radical (unpaired) electrons. The summed E-state index contributed by atoms with van der Waals surface area (Å²) in [5.74, 6) is -1.50. The van der Waals surface area contributed by atoms with Crippen molar-refractivity contribution in [3.63, 3.8) is 0 Å². The van der Waals surface area contributed by atoms with Crippen LogP contribution in [0.1, 0.15) is 6.92 Å². The summed E-state index contributed by atoms with van der Waals surface area (Å²) in [5, 5.41) is 0. The fourth-order valence-electron chi connectivity index (χ4n) is 4.13. The van der Waals surface area contributed by atoms with E-state index in [-0.39, 0.29) is 24.9 Å². The van der Waals surface area contributed by atoms with E-state index in [0.29, 0.717) is 37.3 Å². The number of methoxy groups -OCH3 is 1. The molecule has 30 heavy (non-hydrogen) atoms. The predicted molar refractivity (Wildman–Crippen MR) is 106 cm³/mol. The average molecular weight is 416 g/mol. The van der Waals surface area contributed by atoms with Crippen LogP contribution < -0.4 is 5.76 Å². The van der Waals surface area contributed by atoms with E-state index in [9.17, 15) is 19.2 Å². The Morgan fingerprint density at radius 2 is 1.93 bits per heavy atom. The molecule has 2 aliphatic heterocycles. The first-order chi connectivity index (χ1) is 14.4. The Morgan fingerprint density at radius 3 is 2.70 bits per heavy atom. The van der Waals surface area contributed by atoms with Gasteiger partial charge in [0.15, 0.2) is 5.58 Å². The number of aromatic nitrogens is 1. The lowest BCUT2D eigenvalue weighted by Crippen LogP contribution is -2.70. The number of benzene rings is 1. The molecule has 0 unspecified atom stereocenters. The summed E-state index contributed by atoms with van der Waals surface area (Å²) in [5.41, 5.74) is 0.897. The van der Waals surface area contributed by atoms with E-state index in [1.54, 1.807) is 48.1 Å². The van der Waals surface area contributed by atoms with Gasteiger partial charge in [0.05, 0.1) is 18.7 Å². The number of hydrogen-bond donors (Lipinski definition) is 0. The molecule has 3 amide bonds. The Hall–Kier alpha value is -3.14. The minimum atomic E-state index is -0.721. The van der Waals surface area contributed by atoms with Crippen LogP contribution in [0.15, 0.2) is 33.5 Å². The summed E-state index contributed by atoms with van der Waals surface area (Å²) in [6, 6.07) is 5.40. The number of carbonyl (C=O) groups excluding carboxylic acids is 3. The van der Waals surface area contributed by atoms with Crippen molar-refractivity contribution in [2.24, 2.45) is 0 Å². The number of hydrogen-bond acceptors (Lipinski definition) is 6. The van der Waals surface area contributed by atoms with E-state index < -0.39 is 23.7 Å². The van der Waals surface area contributed by atoms with Crippen LogP contribution in [0.2, 0.25) is 0 Å². The Morgan fingerprint density at radius 1 is 1.17 bits per heavy atom. The molecule has 2 aliphatic rings. The molecule has 3 heterocycles. The molecule has 1 aromatic heterocycles. The maximum absolute atomic E-state index is 13.1. The molecule has 0 bridgehead atoms. The number of oxazole rings is 1. The number of nitrogens with zero attached hydrogens (tertiary/aromatic N) is 4. The highest BCUT2D eigenvalue weighted by atomic mass is 16.5. The first-order valence-electron chi connectivity index (χ1n) is 9.88. The first-order valence-corrected chi connectivity index (χ1v) is 9.88. The second-order valence-corrected chi connectivity index (χ2v) is 7.51. The van der Waals surface area contributed by atoms with Gasteiger partial charge >= 0.3 is 5.76 Å². The normalized spacial score (nSPS) is 22.0. The van der Waals surface area contributed by atoms with Crippen LogP contribution in [0.3, 0.4) is 0 Å². The zero-order valence-corrected chi connectivity index (χ0v) is 16.9. The zero-order chi connectivity index (χ0) is 21.4. The lowest BCUT2D eigenvalue weighted by molar-refractivity contribution is -0.166. The van der Waals surface area contributed by atoms with Crippen LogP contribution >= 0.6 is 0 Å². The van der Waals surface area contributed by atoms with Crippen molar-refractivity contribution in [3.8, 4) is 0 Å². The van der Waals surface area contributed by atoms with Gasteiger partial charge in [0.2, 0.25) is 17.7 Å². The Balaban J connectivity index is 1.55. The molecular weight excluding hydrogens is 392 g/mol. The molecule has 10 heteroatoms. The zero-order valence-electron chi connectivity index (χ0n) is 16.9. The average Bonchev–Trinajstić information content (AvgIpc) is 3.05. The maximum atomic E-state index is 13.1. The van der Waals surface area contributed by atoms with Crippen molar-refractivity contribution in [3.05, 3.63) is 34.8 Å². The van der Waals surface area contributed by atoms with Gasteiger partial charge in [-0.3, -0.25) is 19.0 Å². The molecule has 4 rings (SSSR count). The smallest absolute Gasteiger partial charge is 0.408 e. The molecule has 2 fully saturated rings. The fraction of sp³-hybridized carbons (Fsp3) is 0.500. The molecule has 160 valence electrons. The molecule has 0 aliphatic carbocycles. The van der Waals surface area contributed by atoms with Gasteiger partial charge < -0.3 is 23.9 Å². The van der Waals surface area contributed by atoms with Crippen molar-refractivity contribution in [1.29, 1.82) is 0 Å². The highest BCUT2D eigenvalue weighted by molar-refractivity contribution is 5.95. The fourth-order valence-corrected chi connectivity index (χ4v) is 4.13. The van der Waals surface area contributed by atoms with E-state index in [1.807, 2.05) is 0 Å². The summed E-state index contributed by atoms with van der Waals surface area (Å²) >= 11 is 0. The summed E-state index contributed by atoms with van der Waals surface area (Å²) < 4.78 is 11.5. The number of amides is 3. The summed E-state index contributed by atoms with van der Waals surface area (Å²) in [7, 11) is 1.56. The standard InChI is InChI=1S/C20H24N4O6/c1-13-18(26)22-8-7-21(9-10-29-2)19(27)15(22)11-23(13)17(25)12-24-14-5-3-4-6-16(14)30-20(24)28/h3-6,13,15H,7-12H2,1-2H3/t13-,15-/m0/s1. The Kier molecular flexibility index (Phi) is 5.33. The monoisotopic (exact) mass is 416 g/mol. The van der Waals surface area contributed by atoms with Crippen molar-refractivity contribution < 1.29 is 23.5 Å². The van der Waals surface area contributed by atoms with Gasteiger partial charge in [0, 0.05) is 26.7 Å². The first kappa shape index (κ1) is 20.1. The molecule has 2 saturated heterocycles. The van der Waals surface area contributed by atoms with Gasteiger partial charge in [-0.05, 0) is 19.1 Å². The van der Waals surface area contributed by atoms with E-state index >= 15 is 0 Å². The van der Waals surface area contributed by atoms with Crippen molar-refractivity contribution >= 4 is 28.8 Å². The molecule has 0 saturated carbocycles. The predicted octanol–water partition coefficient (Wildman–Crippen LogP) is -0.489. The van der Waals surface area contributed by atoms with Crippen LogP contribution in [0.5, 0.6) is 0 Å². The maximum Gasteiger partial charge on any atom is 0.420 e. The molecule has 1 aromatic carbocycles. The molecule has 2 atom stereocenters. The number of piperazine rings is 2.